The highest BCUT2D eigenvalue weighted by molar-refractivity contribution is 5.96. The molecule has 0 atom stereocenters. The van der Waals surface area contributed by atoms with Gasteiger partial charge in [-0.3, -0.25) is 0 Å². The first-order valence-corrected chi connectivity index (χ1v) is 8.47. The summed E-state index contributed by atoms with van der Waals surface area (Å²) in [6, 6.07) is 11.6. The van der Waals surface area contributed by atoms with Crippen molar-refractivity contribution in [1.82, 2.24) is 0 Å². The van der Waals surface area contributed by atoms with Crippen molar-refractivity contribution < 1.29 is 5.11 Å². The number of fused-ring (bicyclic) bond motifs is 1. The minimum atomic E-state index is 0.167. The molecule has 3 aromatic rings. The predicted molar refractivity (Wildman–Crippen MR) is 106 cm³/mol. The van der Waals surface area contributed by atoms with Crippen LogP contribution in [0.3, 0.4) is 0 Å². The van der Waals surface area contributed by atoms with Crippen LogP contribution in [0.4, 0.5) is 17.1 Å². The Labute approximate surface area is 153 Å². The second-order valence-electron chi connectivity index (χ2n) is 6.46. The number of rotatable bonds is 3. The lowest BCUT2D eigenvalue weighted by Gasteiger charge is -2.11. The Morgan fingerprint density at radius 1 is 0.731 bits per heavy atom. The van der Waals surface area contributed by atoms with E-state index in [-0.39, 0.29) is 5.75 Å². The van der Waals surface area contributed by atoms with Crippen molar-refractivity contribution >= 4 is 27.8 Å². The third-order valence-corrected chi connectivity index (χ3v) is 4.65. The summed E-state index contributed by atoms with van der Waals surface area (Å²) in [5.74, 6) is 0.167. The molecular weight excluding hydrogens is 324 g/mol. The number of phenolic OH excluding ortho intramolecular Hbond substituents is 1. The van der Waals surface area contributed by atoms with E-state index in [0.717, 1.165) is 27.6 Å². The third kappa shape index (κ3) is 3.20. The van der Waals surface area contributed by atoms with Gasteiger partial charge in [0, 0.05) is 12.4 Å². The van der Waals surface area contributed by atoms with E-state index in [4.69, 9.17) is 0 Å². The summed E-state index contributed by atoms with van der Waals surface area (Å²) >= 11 is 0. The van der Waals surface area contributed by atoms with E-state index in [2.05, 4.69) is 40.4 Å². The zero-order valence-corrected chi connectivity index (χ0v) is 15.7. The molecule has 5 heteroatoms. The zero-order valence-electron chi connectivity index (χ0n) is 15.7. The first kappa shape index (κ1) is 17.7. The monoisotopic (exact) mass is 346 g/mol. The lowest BCUT2D eigenvalue weighted by atomic mass is 9.97. The number of azo groups is 2. The first-order valence-electron chi connectivity index (χ1n) is 8.47. The summed E-state index contributed by atoms with van der Waals surface area (Å²) < 4.78 is 0. The van der Waals surface area contributed by atoms with Crippen molar-refractivity contribution in [3.8, 4) is 5.75 Å². The fourth-order valence-corrected chi connectivity index (χ4v) is 2.98. The molecule has 0 radical (unpaired) electrons. The first-order chi connectivity index (χ1) is 12.4. The van der Waals surface area contributed by atoms with Crippen molar-refractivity contribution in [2.45, 2.75) is 27.7 Å². The summed E-state index contributed by atoms with van der Waals surface area (Å²) in [6.07, 6.45) is 0. The van der Waals surface area contributed by atoms with Gasteiger partial charge in [-0.25, -0.2) is 0 Å². The van der Waals surface area contributed by atoms with E-state index < -0.39 is 0 Å². The Morgan fingerprint density at radius 2 is 1.50 bits per heavy atom. The number of nitrogens with zero attached hydrogens (tertiary/aromatic N) is 4. The van der Waals surface area contributed by atoms with Gasteiger partial charge in [-0.2, -0.15) is 15.3 Å². The van der Waals surface area contributed by atoms with Crippen LogP contribution < -0.4 is 0 Å². The Bertz CT molecular complexity index is 1050. The maximum Gasteiger partial charge on any atom is 0.151 e. The molecule has 0 bridgehead atoms. The van der Waals surface area contributed by atoms with Gasteiger partial charge in [0.25, 0.3) is 0 Å². The number of hydrogen-bond donors (Lipinski definition) is 1. The van der Waals surface area contributed by atoms with Crippen molar-refractivity contribution in [3.63, 3.8) is 0 Å². The second-order valence-corrected chi connectivity index (χ2v) is 6.46. The van der Waals surface area contributed by atoms with Gasteiger partial charge in [-0.15, -0.1) is 5.11 Å². The van der Waals surface area contributed by atoms with Crippen molar-refractivity contribution in [2.24, 2.45) is 20.5 Å². The number of phenols is 1. The normalized spacial score (nSPS) is 11.9. The zero-order chi connectivity index (χ0) is 18.8. The van der Waals surface area contributed by atoms with Crippen LogP contribution in [-0.2, 0) is 0 Å². The van der Waals surface area contributed by atoms with E-state index in [1.165, 1.54) is 11.1 Å². The van der Waals surface area contributed by atoms with Crippen molar-refractivity contribution in [1.29, 1.82) is 0 Å². The van der Waals surface area contributed by atoms with Crippen LogP contribution in [0.25, 0.3) is 10.8 Å². The van der Waals surface area contributed by atoms with Gasteiger partial charge in [0.2, 0.25) is 0 Å². The molecule has 26 heavy (non-hydrogen) atoms. The van der Waals surface area contributed by atoms with Crippen molar-refractivity contribution in [2.75, 3.05) is 7.05 Å². The molecule has 3 aromatic carbocycles. The molecule has 132 valence electrons. The Balaban J connectivity index is 2.05. The van der Waals surface area contributed by atoms with Crippen LogP contribution in [0.2, 0.25) is 0 Å². The van der Waals surface area contributed by atoms with E-state index in [1.54, 1.807) is 7.05 Å². The number of aryl methyl sites for hydroxylation is 4. The summed E-state index contributed by atoms with van der Waals surface area (Å²) in [5, 5.41) is 29.0. The van der Waals surface area contributed by atoms with Gasteiger partial charge < -0.3 is 5.11 Å². The van der Waals surface area contributed by atoms with Crippen LogP contribution in [-0.4, -0.2) is 12.2 Å². The molecule has 0 heterocycles. The minimum absolute atomic E-state index is 0.167. The third-order valence-electron chi connectivity index (χ3n) is 4.65. The van der Waals surface area contributed by atoms with Gasteiger partial charge in [0.1, 0.15) is 5.69 Å². The Morgan fingerprint density at radius 3 is 2.19 bits per heavy atom. The van der Waals surface area contributed by atoms with E-state index in [9.17, 15) is 5.11 Å². The molecule has 0 aromatic heterocycles. The SMILES string of the molecule is CN=Nc1ccc(N=Nc2c(C)cc3c(C)c(C)ccc3c2O)cc1C. The lowest BCUT2D eigenvalue weighted by molar-refractivity contribution is 0.482. The van der Waals surface area contributed by atoms with Crippen molar-refractivity contribution in [3.05, 3.63) is 58.7 Å². The highest BCUT2D eigenvalue weighted by Crippen LogP contribution is 2.40. The minimum Gasteiger partial charge on any atom is -0.505 e. The standard InChI is InChI=1S/C21H22N4O/c1-12-6-8-17-18(15(12)4)11-14(3)20(21(17)26)25-23-16-7-9-19(24-22-5)13(2)10-16/h6-11,26H,1-5H3. The highest BCUT2D eigenvalue weighted by atomic mass is 16.3. The molecule has 1 N–H and O–H groups in total. The summed E-state index contributed by atoms with van der Waals surface area (Å²) in [6.45, 7) is 8.02. The van der Waals surface area contributed by atoms with E-state index >= 15 is 0 Å². The average Bonchev–Trinajstić information content (AvgIpc) is 2.61. The molecule has 0 spiro atoms. The topological polar surface area (TPSA) is 69.7 Å². The van der Waals surface area contributed by atoms with E-state index in [0.29, 0.717) is 11.4 Å². The van der Waals surface area contributed by atoms with Gasteiger partial charge in [0.15, 0.2) is 5.75 Å². The van der Waals surface area contributed by atoms with Crippen LogP contribution in [0, 0.1) is 27.7 Å². The maximum atomic E-state index is 10.7. The largest absolute Gasteiger partial charge is 0.505 e. The Kier molecular flexibility index (Phi) is 4.80. The fourth-order valence-electron chi connectivity index (χ4n) is 2.98. The van der Waals surface area contributed by atoms with Gasteiger partial charge in [-0.1, -0.05) is 12.1 Å². The molecule has 5 nitrogen and oxygen atoms in total. The van der Waals surface area contributed by atoms with Gasteiger partial charge >= 0.3 is 0 Å². The van der Waals surface area contributed by atoms with Gasteiger partial charge in [0.05, 0.1) is 11.4 Å². The molecule has 0 aliphatic carbocycles. The molecule has 0 aliphatic heterocycles. The molecule has 0 unspecified atom stereocenters. The van der Waals surface area contributed by atoms with Crippen LogP contribution in [0.15, 0.2) is 56.9 Å². The smallest absolute Gasteiger partial charge is 0.151 e. The molecule has 0 aliphatic rings. The maximum absolute atomic E-state index is 10.7. The summed E-state index contributed by atoms with van der Waals surface area (Å²) in [7, 11) is 1.64. The fraction of sp³-hybridized carbons (Fsp3) is 0.238. The number of aromatic hydroxyl groups is 1. The molecular formula is C21H22N4O. The van der Waals surface area contributed by atoms with Crippen LogP contribution in [0.5, 0.6) is 5.75 Å². The molecule has 0 saturated carbocycles. The summed E-state index contributed by atoms with van der Waals surface area (Å²) in [4.78, 5) is 0. The highest BCUT2D eigenvalue weighted by Gasteiger charge is 2.12. The molecule has 0 fully saturated rings. The van der Waals surface area contributed by atoms with E-state index in [1.807, 2.05) is 44.2 Å². The second kappa shape index (κ2) is 7.04. The van der Waals surface area contributed by atoms with Crippen LogP contribution in [0.1, 0.15) is 22.3 Å². The predicted octanol–water partition coefficient (Wildman–Crippen LogP) is 6.91. The number of benzene rings is 3. The Hall–Kier alpha value is -3.08. The molecule has 3 rings (SSSR count). The average molecular weight is 346 g/mol. The molecule has 0 amide bonds. The summed E-state index contributed by atoms with van der Waals surface area (Å²) in [5.41, 5.74) is 6.23. The quantitative estimate of drug-likeness (QED) is 0.514. The number of hydrogen-bond acceptors (Lipinski definition) is 5. The lowest BCUT2D eigenvalue weighted by Crippen LogP contribution is -1.87. The molecule has 0 saturated heterocycles. The van der Waals surface area contributed by atoms with Crippen LogP contribution >= 0.6 is 0 Å². The van der Waals surface area contributed by atoms with Gasteiger partial charge in [-0.05, 0) is 79.6 Å².